The predicted octanol–water partition coefficient (Wildman–Crippen LogP) is -0.713. The second-order valence-electron chi connectivity index (χ2n) is 2.60. The third-order valence-electron chi connectivity index (χ3n) is 1.63. The molecule has 5 heteroatoms. The van der Waals surface area contributed by atoms with Crippen molar-refractivity contribution < 1.29 is 5.11 Å². The van der Waals surface area contributed by atoms with Crippen LogP contribution in [0.25, 0.3) is 0 Å². The van der Waals surface area contributed by atoms with E-state index in [0.717, 1.165) is 25.2 Å². The minimum Gasteiger partial charge on any atom is -0.396 e. The van der Waals surface area contributed by atoms with Gasteiger partial charge in [-0.1, -0.05) is 5.21 Å². The van der Waals surface area contributed by atoms with Crippen molar-refractivity contribution in [3.8, 4) is 0 Å². The summed E-state index contributed by atoms with van der Waals surface area (Å²) in [6, 6.07) is 0. The minimum atomic E-state index is 0.233. The molecule has 0 spiro atoms. The molecule has 0 aliphatic rings. The van der Waals surface area contributed by atoms with Crippen LogP contribution in [0.2, 0.25) is 0 Å². The molecule has 0 saturated carbocycles. The summed E-state index contributed by atoms with van der Waals surface area (Å²) in [5, 5.41) is 19.2. The zero-order valence-corrected chi connectivity index (χ0v) is 7.19. The van der Waals surface area contributed by atoms with Crippen LogP contribution in [0.4, 0.5) is 0 Å². The van der Waals surface area contributed by atoms with Crippen LogP contribution in [-0.2, 0) is 13.6 Å². The first kappa shape index (κ1) is 9.15. The van der Waals surface area contributed by atoms with Gasteiger partial charge in [0.2, 0.25) is 0 Å². The van der Waals surface area contributed by atoms with Crippen molar-refractivity contribution in [2.75, 3.05) is 13.2 Å². The van der Waals surface area contributed by atoms with Gasteiger partial charge in [0.1, 0.15) is 0 Å². The number of nitrogens with zero attached hydrogens (tertiary/aromatic N) is 3. The van der Waals surface area contributed by atoms with E-state index >= 15 is 0 Å². The molecule has 0 fully saturated rings. The largest absolute Gasteiger partial charge is 0.396 e. The molecule has 1 rings (SSSR count). The SMILES string of the molecule is Cn1nncc1CNCCCO. The van der Waals surface area contributed by atoms with Crippen LogP contribution in [0.5, 0.6) is 0 Å². The zero-order chi connectivity index (χ0) is 8.81. The van der Waals surface area contributed by atoms with Crippen molar-refractivity contribution in [3.05, 3.63) is 11.9 Å². The lowest BCUT2D eigenvalue weighted by Crippen LogP contribution is -2.17. The Hall–Kier alpha value is -0.940. The number of nitrogens with one attached hydrogen (secondary N) is 1. The summed E-state index contributed by atoms with van der Waals surface area (Å²) in [7, 11) is 1.86. The maximum absolute atomic E-state index is 8.51. The standard InChI is InChI=1S/C7H14N4O/c1-11-7(6-9-10-11)5-8-3-2-4-12/h6,8,12H,2-5H2,1H3. The molecular formula is C7H14N4O. The average Bonchev–Trinajstić information content (AvgIpc) is 2.46. The van der Waals surface area contributed by atoms with Gasteiger partial charge in [-0.3, -0.25) is 4.68 Å². The van der Waals surface area contributed by atoms with Crippen molar-refractivity contribution >= 4 is 0 Å². The molecule has 2 N–H and O–H groups in total. The monoisotopic (exact) mass is 170 g/mol. The summed E-state index contributed by atoms with van der Waals surface area (Å²) in [5.41, 5.74) is 1.05. The number of rotatable bonds is 5. The van der Waals surface area contributed by atoms with E-state index in [2.05, 4.69) is 15.6 Å². The van der Waals surface area contributed by atoms with E-state index < -0.39 is 0 Å². The zero-order valence-electron chi connectivity index (χ0n) is 7.19. The molecular weight excluding hydrogens is 156 g/mol. The van der Waals surface area contributed by atoms with Gasteiger partial charge in [0.15, 0.2) is 0 Å². The Morgan fingerprint density at radius 3 is 3.08 bits per heavy atom. The number of aliphatic hydroxyl groups excluding tert-OH is 1. The number of hydrogen-bond donors (Lipinski definition) is 2. The van der Waals surface area contributed by atoms with E-state index in [-0.39, 0.29) is 6.61 Å². The average molecular weight is 170 g/mol. The Bertz CT molecular complexity index is 223. The molecule has 12 heavy (non-hydrogen) atoms. The molecule has 0 radical (unpaired) electrons. The second kappa shape index (κ2) is 4.84. The van der Waals surface area contributed by atoms with E-state index in [1.807, 2.05) is 7.05 Å². The Balaban J connectivity index is 2.20. The highest BCUT2D eigenvalue weighted by Crippen LogP contribution is 1.91. The van der Waals surface area contributed by atoms with Crippen molar-refractivity contribution in [2.45, 2.75) is 13.0 Å². The summed E-state index contributed by atoms with van der Waals surface area (Å²) >= 11 is 0. The van der Waals surface area contributed by atoms with Crippen molar-refractivity contribution in [1.82, 2.24) is 20.3 Å². The van der Waals surface area contributed by atoms with Crippen LogP contribution in [0.3, 0.4) is 0 Å². The normalized spacial score (nSPS) is 10.5. The Morgan fingerprint density at radius 2 is 2.50 bits per heavy atom. The molecule has 68 valence electrons. The summed E-state index contributed by atoms with van der Waals surface area (Å²) in [6.07, 6.45) is 2.51. The van der Waals surface area contributed by atoms with Gasteiger partial charge >= 0.3 is 0 Å². The first-order valence-electron chi connectivity index (χ1n) is 3.99. The summed E-state index contributed by atoms with van der Waals surface area (Å²) in [6.45, 7) is 1.81. The molecule has 0 atom stereocenters. The Labute approximate surface area is 71.4 Å². The van der Waals surface area contributed by atoms with Gasteiger partial charge in [-0.15, -0.1) is 5.10 Å². The Morgan fingerprint density at radius 1 is 1.67 bits per heavy atom. The van der Waals surface area contributed by atoms with Gasteiger partial charge in [0.25, 0.3) is 0 Å². The lowest BCUT2D eigenvalue weighted by molar-refractivity contribution is 0.286. The lowest BCUT2D eigenvalue weighted by Gasteiger charge is -2.01. The van der Waals surface area contributed by atoms with Crippen LogP contribution < -0.4 is 5.32 Å². The van der Waals surface area contributed by atoms with Crippen molar-refractivity contribution in [3.63, 3.8) is 0 Å². The van der Waals surface area contributed by atoms with E-state index in [4.69, 9.17) is 5.11 Å². The van der Waals surface area contributed by atoms with Crippen LogP contribution in [0, 0.1) is 0 Å². The Kier molecular flexibility index (Phi) is 3.69. The van der Waals surface area contributed by atoms with Gasteiger partial charge in [-0.05, 0) is 13.0 Å². The van der Waals surface area contributed by atoms with Crippen LogP contribution in [0.1, 0.15) is 12.1 Å². The molecule has 0 aliphatic carbocycles. The van der Waals surface area contributed by atoms with Gasteiger partial charge in [-0.25, -0.2) is 0 Å². The van der Waals surface area contributed by atoms with Gasteiger partial charge in [0.05, 0.1) is 11.9 Å². The number of aromatic nitrogens is 3. The van der Waals surface area contributed by atoms with Gasteiger partial charge < -0.3 is 10.4 Å². The maximum atomic E-state index is 8.51. The quantitative estimate of drug-likeness (QED) is 0.573. The van der Waals surface area contributed by atoms with E-state index in [0.29, 0.717) is 0 Å². The minimum absolute atomic E-state index is 0.233. The van der Waals surface area contributed by atoms with Crippen molar-refractivity contribution in [1.29, 1.82) is 0 Å². The second-order valence-corrected chi connectivity index (χ2v) is 2.60. The summed E-state index contributed by atoms with van der Waals surface area (Å²) < 4.78 is 1.73. The first-order valence-corrected chi connectivity index (χ1v) is 3.99. The fourth-order valence-electron chi connectivity index (χ4n) is 0.891. The van der Waals surface area contributed by atoms with E-state index in [9.17, 15) is 0 Å². The third kappa shape index (κ3) is 2.60. The highest BCUT2D eigenvalue weighted by molar-refractivity contribution is 4.91. The molecule has 5 nitrogen and oxygen atoms in total. The fourth-order valence-corrected chi connectivity index (χ4v) is 0.891. The molecule has 1 heterocycles. The van der Waals surface area contributed by atoms with Gasteiger partial charge in [0, 0.05) is 20.2 Å². The summed E-state index contributed by atoms with van der Waals surface area (Å²) in [4.78, 5) is 0. The molecule has 0 saturated heterocycles. The van der Waals surface area contributed by atoms with Gasteiger partial charge in [-0.2, -0.15) is 0 Å². The number of hydrogen-bond acceptors (Lipinski definition) is 4. The number of aryl methyl sites for hydroxylation is 1. The molecule has 1 aromatic rings. The highest BCUT2D eigenvalue weighted by Gasteiger charge is 1.97. The third-order valence-corrected chi connectivity index (χ3v) is 1.63. The highest BCUT2D eigenvalue weighted by atomic mass is 16.3. The number of aliphatic hydroxyl groups is 1. The lowest BCUT2D eigenvalue weighted by atomic mass is 10.4. The van der Waals surface area contributed by atoms with E-state index in [1.165, 1.54) is 0 Å². The van der Waals surface area contributed by atoms with E-state index in [1.54, 1.807) is 10.9 Å². The fraction of sp³-hybridized carbons (Fsp3) is 0.714. The smallest absolute Gasteiger partial charge is 0.0738 e. The molecule has 1 aromatic heterocycles. The first-order chi connectivity index (χ1) is 5.84. The molecule has 0 aromatic carbocycles. The van der Waals surface area contributed by atoms with Crippen LogP contribution in [-0.4, -0.2) is 33.3 Å². The predicted molar refractivity (Wildman–Crippen MR) is 44.4 cm³/mol. The summed E-state index contributed by atoms with van der Waals surface area (Å²) in [5.74, 6) is 0. The molecule has 0 bridgehead atoms. The molecule has 0 aliphatic heterocycles. The molecule has 0 unspecified atom stereocenters. The topological polar surface area (TPSA) is 63.0 Å². The maximum Gasteiger partial charge on any atom is 0.0738 e. The van der Waals surface area contributed by atoms with Crippen LogP contribution >= 0.6 is 0 Å². The van der Waals surface area contributed by atoms with Crippen LogP contribution in [0.15, 0.2) is 6.20 Å². The van der Waals surface area contributed by atoms with Crippen molar-refractivity contribution in [2.24, 2.45) is 7.05 Å². The molecule has 0 amide bonds.